The SMILES string of the molecule is CC(C)(C)OC(=O)N(OCc1ccccc1)[C@@H]1CC(=O)NC1=O. The summed E-state index contributed by atoms with van der Waals surface area (Å²) in [5.74, 6) is -1.02. The Balaban J connectivity index is 2.12. The van der Waals surface area contributed by atoms with E-state index in [9.17, 15) is 14.4 Å². The smallest absolute Gasteiger partial charge is 0.435 e. The first-order valence-corrected chi connectivity index (χ1v) is 7.29. The minimum absolute atomic E-state index is 0.0814. The number of nitrogens with zero attached hydrogens (tertiary/aromatic N) is 1. The molecule has 23 heavy (non-hydrogen) atoms. The molecular formula is C16H20N2O5. The van der Waals surface area contributed by atoms with Crippen molar-refractivity contribution in [3.05, 3.63) is 35.9 Å². The standard InChI is InChI=1S/C16H20N2O5/c1-16(2,3)23-15(21)18(12-9-13(19)17-14(12)20)22-10-11-7-5-4-6-8-11/h4-8,12H,9-10H2,1-3H3,(H,17,19,20)/t12-/m1/s1. The summed E-state index contributed by atoms with van der Waals surface area (Å²) >= 11 is 0. The molecule has 0 spiro atoms. The van der Waals surface area contributed by atoms with Gasteiger partial charge in [-0.05, 0) is 26.3 Å². The molecule has 1 atom stereocenters. The lowest BCUT2D eigenvalue weighted by atomic mass is 10.2. The van der Waals surface area contributed by atoms with Gasteiger partial charge in [0.15, 0.2) is 6.04 Å². The quantitative estimate of drug-likeness (QED) is 0.675. The zero-order valence-corrected chi connectivity index (χ0v) is 13.4. The predicted molar refractivity (Wildman–Crippen MR) is 80.9 cm³/mol. The van der Waals surface area contributed by atoms with E-state index < -0.39 is 29.6 Å². The van der Waals surface area contributed by atoms with Crippen LogP contribution in [0.1, 0.15) is 32.8 Å². The number of hydrogen-bond acceptors (Lipinski definition) is 5. The number of imide groups is 1. The average molecular weight is 320 g/mol. The second-order valence-electron chi connectivity index (χ2n) is 6.20. The van der Waals surface area contributed by atoms with E-state index in [1.54, 1.807) is 20.8 Å². The summed E-state index contributed by atoms with van der Waals surface area (Å²) in [6.07, 6.45) is -0.948. The molecule has 1 saturated heterocycles. The summed E-state index contributed by atoms with van der Waals surface area (Å²) in [5, 5.41) is 3.00. The van der Waals surface area contributed by atoms with Crippen molar-refractivity contribution in [1.29, 1.82) is 0 Å². The van der Waals surface area contributed by atoms with Gasteiger partial charge in [0.2, 0.25) is 5.91 Å². The van der Waals surface area contributed by atoms with Gasteiger partial charge in [0.25, 0.3) is 5.91 Å². The molecule has 1 aromatic carbocycles. The van der Waals surface area contributed by atoms with Crippen LogP contribution in [0.15, 0.2) is 30.3 Å². The fourth-order valence-corrected chi connectivity index (χ4v) is 2.02. The topological polar surface area (TPSA) is 84.9 Å². The Kier molecular flexibility index (Phi) is 5.00. The van der Waals surface area contributed by atoms with Crippen molar-refractivity contribution >= 4 is 17.9 Å². The van der Waals surface area contributed by atoms with Gasteiger partial charge >= 0.3 is 6.09 Å². The summed E-state index contributed by atoms with van der Waals surface area (Å²) in [7, 11) is 0. The molecule has 0 aliphatic carbocycles. The zero-order valence-electron chi connectivity index (χ0n) is 13.4. The van der Waals surface area contributed by atoms with Crippen molar-refractivity contribution in [2.75, 3.05) is 0 Å². The number of carbonyl (C=O) groups is 3. The molecule has 0 bridgehead atoms. The largest absolute Gasteiger partial charge is 0.442 e. The number of rotatable bonds is 4. The van der Waals surface area contributed by atoms with Crippen molar-refractivity contribution in [2.24, 2.45) is 0 Å². The highest BCUT2D eigenvalue weighted by Crippen LogP contribution is 2.18. The second-order valence-corrected chi connectivity index (χ2v) is 6.20. The molecule has 1 aliphatic rings. The number of carbonyl (C=O) groups excluding carboxylic acids is 3. The van der Waals surface area contributed by atoms with Crippen LogP contribution in [0.25, 0.3) is 0 Å². The van der Waals surface area contributed by atoms with Crippen molar-refractivity contribution in [2.45, 2.75) is 45.4 Å². The maximum absolute atomic E-state index is 12.3. The third kappa shape index (κ3) is 4.79. The number of hydrogen-bond donors (Lipinski definition) is 1. The maximum atomic E-state index is 12.3. The number of benzene rings is 1. The third-order valence-corrected chi connectivity index (χ3v) is 3.01. The highest BCUT2D eigenvalue weighted by molar-refractivity contribution is 6.06. The van der Waals surface area contributed by atoms with E-state index in [1.807, 2.05) is 30.3 Å². The van der Waals surface area contributed by atoms with Crippen LogP contribution >= 0.6 is 0 Å². The number of nitrogens with one attached hydrogen (secondary N) is 1. The molecule has 1 aromatic rings. The molecular weight excluding hydrogens is 300 g/mol. The molecule has 1 fully saturated rings. The van der Waals surface area contributed by atoms with E-state index in [0.717, 1.165) is 10.6 Å². The van der Waals surface area contributed by atoms with Crippen LogP contribution in [0.2, 0.25) is 0 Å². The van der Waals surface area contributed by atoms with Crippen molar-refractivity contribution < 1.29 is 24.0 Å². The third-order valence-electron chi connectivity index (χ3n) is 3.01. The first-order valence-electron chi connectivity index (χ1n) is 7.29. The fraction of sp³-hybridized carbons (Fsp3) is 0.438. The van der Waals surface area contributed by atoms with Gasteiger partial charge in [0.05, 0.1) is 6.42 Å². The van der Waals surface area contributed by atoms with E-state index in [-0.39, 0.29) is 13.0 Å². The van der Waals surface area contributed by atoms with Crippen LogP contribution in [-0.2, 0) is 25.8 Å². The molecule has 124 valence electrons. The van der Waals surface area contributed by atoms with E-state index in [1.165, 1.54) is 0 Å². The first-order chi connectivity index (χ1) is 10.8. The first kappa shape index (κ1) is 17.0. The van der Waals surface area contributed by atoms with Crippen molar-refractivity contribution in [3.8, 4) is 0 Å². The van der Waals surface area contributed by atoms with E-state index in [2.05, 4.69) is 5.32 Å². The van der Waals surface area contributed by atoms with Crippen LogP contribution in [0, 0.1) is 0 Å². The van der Waals surface area contributed by atoms with Gasteiger partial charge in [-0.2, -0.15) is 5.06 Å². The molecule has 1 aliphatic heterocycles. The lowest BCUT2D eigenvalue weighted by Gasteiger charge is -2.29. The van der Waals surface area contributed by atoms with Crippen molar-refractivity contribution in [3.63, 3.8) is 0 Å². The van der Waals surface area contributed by atoms with Crippen LogP contribution in [0.5, 0.6) is 0 Å². The lowest BCUT2D eigenvalue weighted by molar-refractivity contribution is -0.182. The summed E-state index contributed by atoms with van der Waals surface area (Å²) in [6.45, 7) is 5.21. The van der Waals surface area contributed by atoms with E-state index in [0.29, 0.717) is 0 Å². The summed E-state index contributed by atoms with van der Waals surface area (Å²) in [4.78, 5) is 41.0. The Hall–Kier alpha value is -2.41. The van der Waals surface area contributed by atoms with Gasteiger partial charge in [-0.1, -0.05) is 30.3 Å². The molecule has 7 heteroatoms. The monoisotopic (exact) mass is 320 g/mol. The minimum atomic E-state index is -1.03. The van der Waals surface area contributed by atoms with E-state index in [4.69, 9.17) is 9.57 Å². The molecule has 0 unspecified atom stereocenters. The Morgan fingerprint density at radius 3 is 2.43 bits per heavy atom. The summed E-state index contributed by atoms with van der Waals surface area (Å²) in [5.41, 5.74) is 0.0793. The molecule has 7 nitrogen and oxygen atoms in total. The van der Waals surface area contributed by atoms with Crippen LogP contribution in [0.3, 0.4) is 0 Å². The molecule has 0 radical (unpaired) electrons. The number of amides is 3. The number of ether oxygens (including phenoxy) is 1. The molecule has 1 N–H and O–H groups in total. The minimum Gasteiger partial charge on any atom is -0.442 e. The molecule has 3 amide bonds. The lowest BCUT2D eigenvalue weighted by Crippen LogP contribution is -2.46. The number of hydroxylamine groups is 2. The Bertz CT molecular complexity index is 594. The average Bonchev–Trinajstić information content (AvgIpc) is 2.77. The summed E-state index contributed by atoms with van der Waals surface area (Å²) in [6, 6.07) is 8.16. The van der Waals surface area contributed by atoms with Crippen LogP contribution < -0.4 is 5.32 Å². The summed E-state index contributed by atoms with van der Waals surface area (Å²) < 4.78 is 5.25. The molecule has 0 aromatic heterocycles. The van der Waals surface area contributed by atoms with Crippen molar-refractivity contribution in [1.82, 2.24) is 10.4 Å². The second kappa shape index (κ2) is 6.78. The molecule has 1 heterocycles. The predicted octanol–water partition coefficient (Wildman–Crippen LogP) is 1.77. The van der Waals surface area contributed by atoms with Gasteiger partial charge in [0, 0.05) is 0 Å². The Morgan fingerprint density at radius 1 is 1.26 bits per heavy atom. The van der Waals surface area contributed by atoms with Gasteiger partial charge in [-0.3, -0.25) is 19.7 Å². The normalized spacial score (nSPS) is 17.8. The van der Waals surface area contributed by atoms with Crippen LogP contribution in [0.4, 0.5) is 4.79 Å². The molecule has 2 rings (SSSR count). The maximum Gasteiger partial charge on any atom is 0.435 e. The van der Waals surface area contributed by atoms with Gasteiger partial charge < -0.3 is 4.74 Å². The Labute approximate surface area is 134 Å². The molecule has 0 saturated carbocycles. The van der Waals surface area contributed by atoms with Gasteiger partial charge in [-0.15, -0.1) is 0 Å². The zero-order chi connectivity index (χ0) is 17.0. The van der Waals surface area contributed by atoms with Gasteiger partial charge in [-0.25, -0.2) is 4.79 Å². The highest BCUT2D eigenvalue weighted by atomic mass is 16.7. The highest BCUT2D eigenvalue weighted by Gasteiger charge is 2.40. The fourth-order valence-electron chi connectivity index (χ4n) is 2.02. The van der Waals surface area contributed by atoms with E-state index >= 15 is 0 Å². The van der Waals surface area contributed by atoms with Crippen LogP contribution in [-0.4, -0.2) is 34.6 Å². The van der Waals surface area contributed by atoms with Gasteiger partial charge in [0.1, 0.15) is 12.2 Å². The Morgan fingerprint density at radius 2 is 1.91 bits per heavy atom.